The third-order valence-electron chi connectivity index (χ3n) is 5.14. The Balaban J connectivity index is 1.78. The molecule has 1 aromatic carbocycles. The Hall–Kier alpha value is -1.06. The van der Waals surface area contributed by atoms with Crippen LogP contribution in [0.1, 0.15) is 50.3 Å². The summed E-state index contributed by atoms with van der Waals surface area (Å²) in [6, 6.07) is 7.00. The molecular weight excluding hydrogens is 260 g/mol. The van der Waals surface area contributed by atoms with Gasteiger partial charge in [-0.1, -0.05) is 26.0 Å². The monoisotopic (exact) mass is 288 g/mol. The van der Waals surface area contributed by atoms with Crippen LogP contribution in [0.15, 0.2) is 18.2 Å². The topological polar surface area (TPSA) is 38.5 Å². The zero-order valence-electron chi connectivity index (χ0n) is 13.4. The number of benzene rings is 1. The molecule has 0 bridgehead atoms. The minimum Gasteiger partial charge on any atom is -0.493 e. The van der Waals surface area contributed by atoms with Crippen molar-refractivity contribution in [2.24, 2.45) is 11.1 Å². The van der Waals surface area contributed by atoms with E-state index in [-0.39, 0.29) is 0 Å². The number of fused-ring (bicyclic) bond motifs is 1. The van der Waals surface area contributed by atoms with Crippen LogP contribution in [0.4, 0.5) is 0 Å². The number of nitrogens with two attached hydrogens (primary N) is 1. The van der Waals surface area contributed by atoms with Gasteiger partial charge >= 0.3 is 0 Å². The number of hydrogen-bond acceptors (Lipinski definition) is 3. The molecule has 2 N–H and O–H groups in total. The van der Waals surface area contributed by atoms with Crippen LogP contribution in [-0.2, 0) is 6.42 Å². The fraction of sp³-hybridized carbons (Fsp3) is 0.667. The first-order chi connectivity index (χ1) is 10.1. The molecule has 3 heteroatoms. The number of ether oxygens (including phenoxy) is 1. The maximum Gasteiger partial charge on any atom is 0.122 e. The highest BCUT2D eigenvalue weighted by atomic mass is 16.5. The molecule has 2 aliphatic heterocycles. The summed E-state index contributed by atoms with van der Waals surface area (Å²) in [5, 5.41) is 0. The smallest absolute Gasteiger partial charge is 0.122 e. The van der Waals surface area contributed by atoms with E-state index in [0.29, 0.717) is 18.0 Å². The van der Waals surface area contributed by atoms with Crippen molar-refractivity contribution in [1.82, 2.24) is 4.90 Å². The number of likely N-dealkylation sites (tertiary alicyclic amines) is 1. The summed E-state index contributed by atoms with van der Waals surface area (Å²) in [6.45, 7) is 8.62. The average molecular weight is 288 g/mol. The molecule has 2 heterocycles. The van der Waals surface area contributed by atoms with Crippen molar-refractivity contribution in [2.75, 3.05) is 26.2 Å². The Morgan fingerprint density at radius 3 is 2.95 bits per heavy atom. The molecular formula is C18H28N2O. The van der Waals surface area contributed by atoms with Gasteiger partial charge in [-0.05, 0) is 55.0 Å². The van der Waals surface area contributed by atoms with Crippen LogP contribution in [0.2, 0.25) is 0 Å². The van der Waals surface area contributed by atoms with Gasteiger partial charge in [-0.3, -0.25) is 4.90 Å². The van der Waals surface area contributed by atoms with Crippen LogP contribution in [0.25, 0.3) is 0 Å². The minimum atomic E-state index is 0.352. The van der Waals surface area contributed by atoms with E-state index in [1.165, 1.54) is 36.9 Å². The van der Waals surface area contributed by atoms with Gasteiger partial charge in [0, 0.05) is 19.0 Å². The number of hydrogen-bond donors (Lipinski definition) is 1. The quantitative estimate of drug-likeness (QED) is 0.928. The maximum atomic E-state index is 6.13. The third-order valence-corrected chi connectivity index (χ3v) is 5.14. The van der Waals surface area contributed by atoms with Gasteiger partial charge in [0.25, 0.3) is 0 Å². The molecule has 1 atom stereocenters. The number of rotatable bonds is 3. The maximum absolute atomic E-state index is 6.13. The molecule has 116 valence electrons. The second kappa shape index (κ2) is 5.98. The zero-order chi connectivity index (χ0) is 14.9. The summed E-state index contributed by atoms with van der Waals surface area (Å²) in [6.07, 6.45) is 4.89. The Labute approximate surface area is 128 Å². The van der Waals surface area contributed by atoms with Crippen molar-refractivity contribution in [2.45, 2.75) is 45.6 Å². The molecule has 1 aromatic rings. The minimum absolute atomic E-state index is 0.352. The van der Waals surface area contributed by atoms with Gasteiger partial charge in [-0.2, -0.15) is 0 Å². The van der Waals surface area contributed by atoms with Crippen molar-refractivity contribution >= 4 is 0 Å². The van der Waals surface area contributed by atoms with Crippen molar-refractivity contribution in [3.8, 4) is 5.75 Å². The first-order valence-corrected chi connectivity index (χ1v) is 8.29. The first-order valence-electron chi connectivity index (χ1n) is 8.29. The predicted octanol–water partition coefficient (Wildman–Crippen LogP) is 3.13. The van der Waals surface area contributed by atoms with Gasteiger partial charge in [0.05, 0.1) is 6.61 Å². The lowest BCUT2D eigenvalue weighted by Crippen LogP contribution is -2.35. The van der Waals surface area contributed by atoms with Crippen molar-refractivity contribution in [1.29, 1.82) is 0 Å². The van der Waals surface area contributed by atoms with Gasteiger partial charge < -0.3 is 10.5 Å². The summed E-state index contributed by atoms with van der Waals surface area (Å²) in [5.41, 5.74) is 9.31. The van der Waals surface area contributed by atoms with Crippen LogP contribution in [-0.4, -0.2) is 31.1 Å². The summed E-state index contributed by atoms with van der Waals surface area (Å²) in [4.78, 5) is 2.59. The zero-order valence-corrected chi connectivity index (χ0v) is 13.4. The van der Waals surface area contributed by atoms with Gasteiger partial charge in [0.1, 0.15) is 5.75 Å². The van der Waals surface area contributed by atoms with E-state index in [1.807, 2.05) is 0 Å². The van der Waals surface area contributed by atoms with E-state index in [9.17, 15) is 0 Å². The standard InChI is InChI=1S/C18H28N2O/c1-18(2)7-3-9-20(10-8-18)16(13-19)14-4-5-17-15(12-14)6-11-21-17/h4-5,12,16H,3,6-11,13,19H2,1-2H3. The van der Waals surface area contributed by atoms with Crippen molar-refractivity contribution in [3.63, 3.8) is 0 Å². The van der Waals surface area contributed by atoms with Crippen molar-refractivity contribution < 1.29 is 4.74 Å². The molecule has 1 saturated heterocycles. The van der Waals surface area contributed by atoms with Gasteiger partial charge in [0.2, 0.25) is 0 Å². The van der Waals surface area contributed by atoms with Gasteiger partial charge in [0.15, 0.2) is 0 Å². The molecule has 21 heavy (non-hydrogen) atoms. The summed E-state index contributed by atoms with van der Waals surface area (Å²) < 4.78 is 5.61. The molecule has 3 rings (SSSR count). The lowest BCUT2D eigenvalue weighted by Gasteiger charge is -2.31. The van der Waals surface area contributed by atoms with Gasteiger partial charge in [-0.15, -0.1) is 0 Å². The van der Waals surface area contributed by atoms with E-state index in [2.05, 4.69) is 36.9 Å². The first kappa shape index (κ1) is 14.9. The van der Waals surface area contributed by atoms with Crippen LogP contribution in [0.5, 0.6) is 5.75 Å². The fourth-order valence-corrected chi connectivity index (χ4v) is 3.67. The summed E-state index contributed by atoms with van der Waals surface area (Å²) in [5.74, 6) is 1.06. The summed E-state index contributed by atoms with van der Waals surface area (Å²) >= 11 is 0. The predicted molar refractivity (Wildman–Crippen MR) is 86.6 cm³/mol. The summed E-state index contributed by atoms with van der Waals surface area (Å²) in [7, 11) is 0. The Bertz CT molecular complexity index is 498. The average Bonchev–Trinajstić information content (AvgIpc) is 2.85. The lowest BCUT2D eigenvalue weighted by molar-refractivity contribution is 0.200. The molecule has 1 fully saturated rings. The molecule has 3 nitrogen and oxygen atoms in total. The molecule has 0 aromatic heterocycles. The second-order valence-corrected chi connectivity index (χ2v) is 7.27. The largest absolute Gasteiger partial charge is 0.493 e. The van der Waals surface area contributed by atoms with E-state index < -0.39 is 0 Å². The highest BCUT2D eigenvalue weighted by molar-refractivity contribution is 5.41. The van der Waals surface area contributed by atoms with Crippen LogP contribution in [0, 0.1) is 5.41 Å². The van der Waals surface area contributed by atoms with Crippen molar-refractivity contribution in [3.05, 3.63) is 29.3 Å². The van der Waals surface area contributed by atoms with E-state index in [4.69, 9.17) is 10.5 Å². The van der Waals surface area contributed by atoms with E-state index >= 15 is 0 Å². The lowest BCUT2D eigenvalue weighted by atomic mass is 9.85. The fourth-order valence-electron chi connectivity index (χ4n) is 3.67. The highest BCUT2D eigenvalue weighted by Gasteiger charge is 2.27. The van der Waals surface area contributed by atoms with Crippen LogP contribution < -0.4 is 10.5 Å². The van der Waals surface area contributed by atoms with Crippen LogP contribution >= 0.6 is 0 Å². The SMILES string of the molecule is CC1(C)CCCN(C(CN)c2ccc3c(c2)CCO3)CC1. The molecule has 0 radical (unpaired) electrons. The molecule has 1 unspecified atom stereocenters. The molecule has 0 saturated carbocycles. The van der Waals surface area contributed by atoms with Gasteiger partial charge in [-0.25, -0.2) is 0 Å². The Morgan fingerprint density at radius 1 is 1.29 bits per heavy atom. The molecule has 0 amide bonds. The number of nitrogens with zero attached hydrogens (tertiary/aromatic N) is 1. The molecule has 2 aliphatic rings. The Morgan fingerprint density at radius 2 is 2.14 bits per heavy atom. The molecule has 0 aliphatic carbocycles. The highest BCUT2D eigenvalue weighted by Crippen LogP contribution is 2.34. The van der Waals surface area contributed by atoms with Crippen LogP contribution in [0.3, 0.4) is 0 Å². The molecule has 0 spiro atoms. The normalized spacial score (nSPS) is 23.2. The second-order valence-electron chi connectivity index (χ2n) is 7.27. The third kappa shape index (κ3) is 3.24. The van der Waals surface area contributed by atoms with E-state index in [0.717, 1.165) is 25.3 Å². The van der Waals surface area contributed by atoms with E-state index in [1.54, 1.807) is 0 Å². The Kier molecular flexibility index (Phi) is 4.23.